The third-order valence-electron chi connectivity index (χ3n) is 4.43. The molecular weight excluding hydrogens is 384 g/mol. The van der Waals surface area contributed by atoms with Gasteiger partial charge in [-0.05, 0) is 37.3 Å². The molecule has 0 saturated heterocycles. The predicted octanol–water partition coefficient (Wildman–Crippen LogP) is 2.23. The molecule has 2 aromatic heterocycles. The highest BCUT2D eigenvalue weighted by Crippen LogP contribution is 2.37. The topological polar surface area (TPSA) is 109 Å². The van der Waals surface area contributed by atoms with Gasteiger partial charge in [0.1, 0.15) is 5.00 Å². The van der Waals surface area contributed by atoms with Gasteiger partial charge >= 0.3 is 17.6 Å². The molecule has 9 heteroatoms. The number of thiophene rings is 1. The van der Waals surface area contributed by atoms with Crippen molar-refractivity contribution in [2.45, 2.75) is 32.1 Å². The number of rotatable bonds is 5. The summed E-state index contributed by atoms with van der Waals surface area (Å²) in [4.78, 5) is 37.5. The molecule has 1 amide bonds. The number of aromatic nitrogens is 1. The van der Waals surface area contributed by atoms with Crippen LogP contribution in [0.25, 0.3) is 0 Å². The summed E-state index contributed by atoms with van der Waals surface area (Å²) in [6, 6.07) is 4.30. The smallest absolute Gasteiger partial charge is 0.405 e. The summed E-state index contributed by atoms with van der Waals surface area (Å²) < 4.78 is 10.2. The number of ether oxygens (including phenoxy) is 2. The average molecular weight is 404 g/mol. The molecule has 8 nitrogen and oxygen atoms in total. The van der Waals surface area contributed by atoms with Gasteiger partial charge in [-0.25, -0.2) is 9.59 Å². The zero-order valence-electron chi connectivity index (χ0n) is 15.4. The molecule has 2 aromatic rings. The summed E-state index contributed by atoms with van der Waals surface area (Å²) >= 11 is 1.35. The van der Waals surface area contributed by atoms with Crippen molar-refractivity contribution in [1.82, 2.24) is 0 Å². The Morgan fingerprint density at radius 1 is 1.18 bits per heavy atom. The van der Waals surface area contributed by atoms with Gasteiger partial charge in [0.25, 0.3) is 5.91 Å². The molecule has 148 valence electrons. The van der Waals surface area contributed by atoms with Crippen molar-refractivity contribution < 1.29 is 28.6 Å². The summed E-state index contributed by atoms with van der Waals surface area (Å²) in [5.41, 5.74) is 1.09. The van der Waals surface area contributed by atoms with Crippen LogP contribution in [0.4, 0.5) is 5.00 Å². The second-order valence-electron chi connectivity index (χ2n) is 6.30. The molecule has 28 heavy (non-hydrogen) atoms. The number of hydrogen-bond acceptors (Lipinski definition) is 7. The summed E-state index contributed by atoms with van der Waals surface area (Å²) in [6.45, 7) is -0.573. The first-order valence-corrected chi connectivity index (χ1v) is 9.71. The van der Waals surface area contributed by atoms with E-state index in [-0.39, 0.29) is 5.69 Å². The molecule has 2 heterocycles. The lowest BCUT2D eigenvalue weighted by Gasteiger charge is -2.08. The third-order valence-corrected chi connectivity index (χ3v) is 5.64. The Balaban J connectivity index is 1.71. The van der Waals surface area contributed by atoms with Crippen LogP contribution in [0.5, 0.6) is 0 Å². The number of fused-ring (bicyclic) bond motifs is 1. The van der Waals surface area contributed by atoms with Crippen molar-refractivity contribution in [3.63, 3.8) is 0 Å². The number of nitrogens with one attached hydrogen (secondary N) is 1. The maximum Gasteiger partial charge on any atom is 0.405 e. The van der Waals surface area contributed by atoms with E-state index >= 15 is 0 Å². The molecule has 0 radical (unpaired) electrons. The van der Waals surface area contributed by atoms with Gasteiger partial charge in [0.15, 0.2) is 12.8 Å². The molecule has 0 bridgehead atoms. The van der Waals surface area contributed by atoms with Crippen LogP contribution in [-0.4, -0.2) is 31.6 Å². The van der Waals surface area contributed by atoms with Crippen molar-refractivity contribution >= 4 is 34.2 Å². The Labute approximate surface area is 165 Å². The first-order chi connectivity index (χ1) is 13.5. The molecule has 0 aromatic carbocycles. The molecule has 0 spiro atoms. The maximum absolute atomic E-state index is 12.3. The molecule has 3 rings (SSSR count). The second kappa shape index (κ2) is 8.83. The van der Waals surface area contributed by atoms with Crippen LogP contribution in [0.1, 0.15) is 50.5 Å². The molecule has 1 aliphatic rings. The standard InChI is InChI=1S/C19H20N2O6S/c1-26-19(24)16-12-7-3-2-4-9-14(12)28-17(16)20-15(22)11-27-18(23)13-8-5-6-10-21(13)25/h5-6,8,10H,2-4,7,9,11H2,1H3,(H,20,22). The largest absolute Gasteiger partial charge is 0.618 e. The minimum absolute atomic E-state index is 0.214. The Kier molecular flexibility index (Phi) is 6.25. The van der Waals surface area contributed by atoms with Gasteiger partial charge < -0.3 is 20.0 Å². The quantitative estimate of drug-likeness (QED) is 0.354. The maximum atomic E-state index is 12.3. The van der Waals surface area contributed by atoms with Crippen molar-refractivity contribution in [3.8, 4) is 0 Å². The van der Waals surface area contributed by atoms with Gasteiger partial charge in [-0.15, -0.1) is 11.3 Å². The van der Waals surface area contributed by atoms with E-state index in [4.69, 9.17) is 9.47 Å². The highest BCUT2D eigenvalue weighted by Gasteiger charge is 2.26. The van der Waals surface area contributed by atoms with Gasteiger partial charge in [0, 0.05) is 17.0 Å². The van der Waals surface area contributed by atoms with E-state index in [2.05, 4.69) is 5.32 Å². The lowest BCUT2D eigenvalue weighted by Crippen LogP contribution is -2.35. The number of methoxy groups -OCH3 is 1. The van der Waals surface area contributed by atoms with E-state index in [0.29, 0.717) is 15.3 Å². The number of anilines is 1. The fraction of sp³-hybridized carbons (Fsp3) is 0.368. The Bertz CT molecular complexity index is 908. The van der Waals surface area contributed by atoms with Gasteiger partial charge in [-0.2, -0.15) is 4.73 Å². The molecule has 1 N–H and O–H groups in total. The monoisotopic (exact) mass is 404 g/mol. The lowest BCUT2D eigenvalue weighted by atomic mass is 10.1. The van der Waals surface area contributed by atoms with E-state index in [1.807, 2.05) is 0 Å². The number of amides is 1. The number of aryl methyl sites for hydroxylation is 1. The minimum Gasteiger partial charge on any atom is -0.618 e. The van der Waals surface area contributed by atoms with Crippen molar-refractivity contribution in [3.05, 3.63) is 51.3 Å². The zero-order valence-corrected chi connectivity index (χ0v) is 16.2. The number of nitrogens with zero attached hydrogens (tertiary/aromatic N) is 1. The van der Waals surface area contributed by atoms with E-state index in [1.165, 1.54) is 36.6 Å². The van der Waals surface area contributed by atoms with Crippen LogP contribution in [0, 0.1) is 5.21 Å². The Morgan fingerprint density at radius 2 is 1.96 bits per heavy atom. The molecular formula is C19H20N2O6S. The van der Waals surface area contributed by atoms with Crippen LogP contribution in [0.2, 0.25) is 0 Å². The first kappa shape index (κ1) is 19.8. The van der Waals surface area contributed by atoms with Crippen LogP contribution in [-0.2, 0) is 27.1 Å². The Morgan fingerprint density at radius 3 is 2.71 bits per heavy atom. The van der Waals surface area contributed by atoms with Crippen molar-refractivity contribution in [1.29, 1.82) is 0 Å². The number of pyridine rings is 1. The normalized spacial score (nSPS) is 13.2. The van der Waals surface area contributed by atoms with Gasteiger partial charge in [-0.1, -0.05) is 6.42 Å². The zero-order chi connectivity index (χ0) is 20.1. The van der Waals surface area contributed by atoms with Crippen LogP contribution >= 0.6 is 11.3 Å². The van der Waals surface area contributed by atoms with E-state index in [9.17, 15) is 19.6 Å². The highest BCUT2D eigenvalue weighted by molar-refractivity contribution is 7.17. The van der Waals surface area contributed by atoms with Crippen molar-refractivity contribution in [2.24, 2.45) is 0 Å². The fourth-order valence-electron chi connectivity index (χ4n) is 3.10. The third kappa shape index (κ3) is 4.30. The first-order valence-electron chi connectivity index (χ1n) is 8.89. The fourth-order valence-corrected chi connectivity index (χ4v) is 4.40. The SMILES string of the molecule is COC(=O)c1c(NC(=O)COC(=O)c2cccc[n+]2[O-])sc2c1CCCCC2. The van der Waals surface area contributed by atoms with Crippen LogP contribution < -0.4 is 10.0 Å². The van der Waals surface area contributed by atoms with E-state index in [0.717, 1.165) is 48.7 Å². The summed E-state index contributed by atoms with van der Waals surface area (Å²) in [6.07, 6.45) is 5.89. The number of carbonyl (C=O) groups excluding carboxylic acids is 3. The number of esters is 2. The predicted molar refractivity (Wildman–Crippen MR) is 101 cm³/mol. The van der Waals surface area contributed by atoms with Crippen molar-refractivity contribution in [2.75, 3.05) is 19.0 Å². The van der Waals surface area contributed by atoms with Crippen LogP contribution in [0.3, 0.4) is 0 Å². The van der Waals surface area contributed by atoms with E-state index in [1.54, 1.807) is 0 Å². The number of carbonyl (C=O) groups is 3. The van der Waals surface area contributed by atoms with Gasteiger partial charge in [-0.3, -0.25) is 4.79 Å². The number of hydrogen-bond donors (Lipinski definition) is 1. The average Bonchev–Trinajstić information content (AvgIpc) is 2.86. The molecule has 0 atom stereocenters. The minimum atomic E-state index is -0.902. The van der Waals surface area contributed by atoms with Gasteiger partial charge in [0.05, 0.1) is 12.7 Å². The summed E-state index contributed by atoms with van der Waals surface area (Å²) in [5, 5.41) is 14.6. The highest BCUT2D eigenvalue weighted by atomic mass is 32.1. The second-order valence-corrected chi connectivity index (χ2v) is 7.40. The van der Waals surface area contributed by atoms with E-state index < -0.39 is 24.5 Å². The lowest BCUT2D eigenvalue weighted by molar-refractivity contribution is -0.608. The van der Waals surface area contributed by atoms with Crippen LogP contribution in [0.15, 0.2) is 24.4 Å². The molecule has 0 fully saturated rings. The summed E-state index contributed by atoms with van der Waals surface area (Å²) in [5.74, 6) is -1.99. The Hall–Kier alpha value is -2.94. The summed E-state index contributed by atoms with van der Waals surface area (Å²) in [7, 11) is 1.30. The molecule has 0 saturated carbocycles. The van der Waals surface area contributed by atoms with Gasteiger partial charge in [0.2, 0.25) is 0 Å². The molecule has 0 unspecified atom stereocenters. The molecule has 1 aliphatic carbocycles. The molecule has 0 aliphatic heterocycles.